The van der Waals surface area contributed by atoms with E-state index < -0.39 is 0 Å². The predicted octanol–water partition coefficient (Wildman–Crippen LogP) is 7.55. The van der Waals surface area contributed by atoms with E-state index >= 15 is 0 Å². The predicted molar refractivity (Wildman–Crippen MR) is 116 cm³/mol. The van der Waals surface area contributed by atoms with Crippen molar-refractivity contribution in [3.05, 3.63) is 57.6 Å². The van der Waals surface area contributed by atoms with Crippen LogP contribution in [0.1, 0.15) is 74.9 Å². The Hall–Kier alpha value is -0.666. The topological polar surface area (TPSA) is 18.5 Å². The van der Waals surface area contributed by atoms with Crippen LogP contribution in [0.15, 0.2) is 24.3 Å². The van der Waals surface area contributed by atoms with Gasteiger partial charge in [-0.3, -0.25) is 0 Å². The zero-order valence-corrected chi connectivity index (χ0v) is 21.2. The van der Waals surface area contributed by atoms with Crippen molar-refractivity contribution in [1.29, 1.82) is 0 Å². The second-order valence-corrected chi connectivity index (χ2v) is 9.74. The molecule has 28 heavy (non-hydrogen) atoms. The summed E-state index contributed by atoms with van der Waals surface area (Å²) < 4.78 is 10.7. The second-order valence-electron chi connectivity index (χ2n) is 9.43. The molecule has 0 saturated carbocycles. The summed E-state index contributed by atoms with van der Waals surface area (Å²) >= 11 is 11.8. The third-order valence-corrected chi connectivity index (χ3v) is 5.08. The molecule has 0 heterocycles. The molecule has 2 aromatic carbocycles. The molecule has 5 heteroatoms. The van der Waals surface area contributed by atoms with Crippen LogP contribution in [-0.2, 0) is 39.0 Å². The molecule has 0 amide bonds. The summed E-state index contributed by atoms with van der Waals surface area (Å²) in [6.45, 7) is 17.1. The van der Waals surface area contributed by atoms with Crippen molar-refractivity contribution in [2.24, 2.45) is 0 Å². The van der Waals surface area contributed by atoms with Gasteiger partial charge >= 0.3 is 0 Å². The van der Waals surface area contributed by atoms with Gasteiger partial charge in [0.1, 0.15) is 23.7 Å². The van der Waals surface area contributed by atoms with E-state index in [9.17, 15) is 0 Å². The quantitative estimate of drug-likeness (QED) is 0.442. The molecule has 2 nitrogen and oxygen atoms in total. The molecule has 0 saturated heterocycles. The molecule has 0 N–H and O–H groups in total. The largest absolute Gasteiger partial charge is 0.385 e. The number of halogens is 2. The maximum absolute atomic E-state index is 5.91. The van der Waals surface area contributed by atoms with E-state index in [-0.39, 0.29) is 32.5 Å². The molecule has 2 rings (SSSR count). The third kappa shape index (κ3) is 5.69. The fourth-order valence-corrected chi connectivity index (χ4v) is 3.83. The summed E-state index contributed by atoms with van der Waals surface area (Å²) in [4.78, 5) is 0. The Bertz CT molecular complexity index is 764. The van der Waals surface area contributed by atoms with Crippen LogP contribution >= 0.6 is 23.7 Å². The summed E-state index contributed by atoms with van der Waals surface area (Å²) in [5, 5.41) is 0. The van der Waals surface area contributed by atoms with Crippen LogP contribution in [0.25, 0.3) is 0 Å². The minimum Gasteiger partial charge on any atom is -0.385 e. The monoisotopic (exact) mass is 456 g/mol. The summed E-state index contributed by atoms with van der Waals surface area (Å²) in [7, 11) is 0. The van der Waals surface area contributed by atoms with Gasteiger partial charge in [-0.2, -0.15) is 0 Å². The molecule has 0 fully saturated rings. The number of rotatable bonds is 4. The molecule has 0 aliphatic heterocycles. The Kier molecular flexibility index (Phi) is 8.55. The molecule has 0 aromatic heterocycles. The first-order valence-electron chi connectivity index (χ1n) is 9.23. The van der Waals surface area contributed by atoms with E-state index in [1.54, 1.807) is 0 Å². The Balaban J connectivity index is 0.00000392. The Labute approximate surface area is 195 Å². The van der Waals surface area contributed by atoms with Gasteiger partial charge in [0.15, 0.2) is 11.5 Å². The zero-order valence-electron chi connectivity index (χ0n) is 18.1. The first kappa shape index (κ1) is 25.4. The van der Waals surface area contributed by atoms with E-state index in [2.05, 4.69) is 79.7 Å². The van der Waals surface area contributed by atoms with Gasteiger partial charge in [-0.15, -0.1) is 0 Å². The van der Waals surface area contributed by atoms with Crippen molar-refractivity contribution in [1.82, 2.24) is 0 Å². The summed E-state index contributed by atoms with van der Waals surface area (Å²) in [6, 6.07) is 8.50. The summed E-state index contributed by atoms with van der Waals surface area (Å²) in [6.07, 6.45) is 0.625. The molecule has 0 spiro atoms. The van der Waals surface area contributed by atoms with Crippen molar-refractivity contribution in [2.45, 2.75) is 72.6 Å². The molecule has 0 bridgehead atoms. The molecule has 0 aliphatic carbocycles. The molecule has 0 atom stereocenters. The van der Waals surface area contributed by atoms with Gasteiger partial charge in [0.05, 0.1) is 0 Å². The SMILES string of the molecule is Cc1cc(Cc2cc(C)cc(C(C)(C)C)c2OCl)c(OCl)c(C(C)(C)C)c1.[Ti]. The standard InChI is InChI=1S/C23H30Cl2O2.Ti/c1-14-9-16(20(26-24)18(11-14)22(3,4)5)13-17-10-15(2)12-19(21(17)27-25)23(6,7)8;/h9-12H,13H2,1-8H3;. The van der Waals surface area contributed by atoms with Gasteiger partial charge in [0.2, 0.25) is 0 Å². The van der Waals surface area contributed by atoms with Crippen LogP contribution in [0.3, 0.4) is 0 Å². The number of benzene rings is 2. The molecule has 152 valence electrons. The van der Waals surface area contributed by atoms with Crippen LogP contribution < -0.4 is 8.58 Å². The fraction of sp³-hybridized carbons (Fsp3) is 0.478. The molecular weight excluding hydrogens is 427 g/mol. The maximum atomic E-state index is 5.91. The molecule has 0 unspecified atom stereocenters. The maximum Gasteiger partial charge on any atom is 0.153 e. The average Bonchev–Trinajstić information content (AvgIpc) is 2.52. The van der Waals surface area contributed by atoms with E-state index in [0.717, 1.165) is 22.3 Å². The van der Waals surface area contributed by atoms with Crippen LogP contribution in [0.2, 0.25) is 0 Å². The van der Waals surface area contributed by atoms with Gasteiger partial charge < -0.3 is 8.58 Å². The molecule has 2 aromatic rings. The van der Waals surface area contributed by atoms with Gasteiger partial charge in [0, 0.05) is 50.4 Å². The minimum absolute atomic E-state index is 0. The first-order valence-corrected chi connectivity index (χ1v) is 9.85. The Morgan fingerprint density at radius 3 is 1.25 bits per heavy atom. The van der Waals surface area contributed by atoms with Gasteiger partial charge in [-0.05, 0) is 24.7 Å². The van der Waals surface area contributed by atoms with E-state index in [1.807, 2.05) is 0 Å². The van der Waals surface area contributed by atoms with E-state index in [4.69, 9.17) is 32.3 Å². The number of hydrogen-bond donors (Lipinski definition) is 0. The Morgan fingerprint density at radius 1 is 0.679 bits per heavy atom. The molecule has 0 aliphatic rings. The minimum atomic E-state index is -0.0834. The Morgan fingerprint density at radius 2 is 1.00 bits per heavy atom. The van der Waals surface area contributed by atoms with Crippen LogP contribution in [0, 0.1) is 13.8 Å². The van der Waals surface area contributed by atoms with Crippen LogP contribution in [0.4, 0.5) is 0 Å². The number of aryl methyl sites for hydroxylation is 2. The molecule has 0 radical (unpaired) electrons. The average molecular weight is 457 g/mol. The second kappa shape index (κ2) is 9.43. The molecular formula is C23H30Cl2O2Ti. The van der Waals surface area contributed by atoms with Gasteiger partial charge in [0.25, 0.3) is 0 Å². The van der Waals surface area contributed by atoms with Crippen molar-refractivity contribution < 1.29 is 30.3 Å². The van der Waals surface area contributed by atoms with Crippen LogP contribution in [0.5, 0.6) is 11.5 Å². The van der Waals surface area contributed by atoms with Crippen molar-refractivity contribution in [3.63, 3.8) is 0 Å². The zero-order chi connectivity index (χ0) is 20.6. The first-order chi connectivity index (χ1) is 12.4. The number of hydrogen-bond acceptors (Lipinski definition) is 2. The van der Waals surface area contributed by atoms with Crippen molar-refractivity contribution >= 4 is 23.7 Å². The third-order valence-electron chi connectivity index (χ3n) is 4.77. The fourth-order valence-electron chi connectivity index (χ4n) is 3.46. The normalized spacial score (nSPS) is 11.8. The van der Waals surface area contributed by atoms with Gasteiger partial charge in [-0.25, -0.2) is 0 Å². The smallest absolute Gasteiger partial charge is 0.153 e. The van der Waals surface area contributed by atoms with E-state index in [1.165, 1.54) is 11.1 Å². The summed E-state index contributed by atoms with van der Waals surface area (Å²) in [5.74, 6) is 1.43. The van der Waals surface area contributed by atoms with Gasteiger partial charge in [-0.1, -0.05) is 76.9 Å². The van der Waals surface area contributed by atoms with Crippen LogP contribution in [-0.4, -0.2) is 0 Å². The van der Waals surface area contributed by atoms with Crippen molar-refractivity contribution in [3.8, 4) is 11.5 Å². The van der Waals surface area contributed by atoms with E-state index in [0.29, 0.717) is 17.9 Å². The summed E-state index contributed by atoms with van der Waals surface area (Å²) in [5.41, 5.74) is 6.40. The van der Waals surface area contributed by atoms with Crippen molar-refractivity contribution in [2.75, 3.05) is 0 Å².